The molecule has 1 heterocycles. The summed E-state index contributed by atoms with van der Waals surface area (Å²) in [5, 5.41) is 12.4. The number of amides is 2. The summed E-state index contributed by atoms with van der Waals surface area (Å²) in [6.45, 7) is 2.31. The summed E-state index contributed by atoms with van der Waals surface area (Å²) in [6.07, 6.45) is 13.6. The second-order valence-corrected chi connectivity index (χ2v) is 10.8. The van der Waals surface area contributed by atoms with Crippen LogP contribution in [-0.4, -0.2) is 44.8 Å². The minimum atomic E-state index is -0.795. The number of thiazole rings is 1. The van der Waals surface area contributed by atoms with Crippen LogP contribution in [0, 0.1) is 5.92 Å². The lowest BCUT2D eigenvalue weighted by atomic mass is 9.85. The molecule has 29 heavy (non-hydrogen) atoms. The Morgan fingerprint density at radius 3 is 2.45 bits per heavy atom. The topological polar surface area (TPSA) is 82.5 Å². The maximum absolute atomic E-state index is 13.3. The van der Waals surface area contributed by atoms with Gasteiger partial charge in [-0.15, -0.1) is 11.8 Å². The Morgan fingerprint density at radius 1 is 1.14 bits per heavy atom. The molecule has 0 saturated heterocycles. The second kappa shape index (κ2) is 11.2. The van der Waals surface area contributed by atoms with Gasteiger partial charge in [0.2, 0.25) is 0 Å². The molecule has 0 aliphatic heterocycles. The highest BCUT2D eigenvalue weighted by Gasteiger charge is 2.33. The molecule has 0 spiro atoms. The monoisotopic (exact) mass is 439 g/mol. The van der Waals surface area contributed by atoms with Gasteiger partial charge in [0, 0.05) is 17.8 Å². The largest absolute Gasteiger partial charge is 0.481 e. The number of nitrogens with zero attached hydrogens (tertiary/aromatic N) is 2. The van der Waals surface area contributed by atoms with Crippen LogP contribution in [0.3, 0.4) is 0 Å². The van der Waals surface area contributed by atoms with Crippen LogP contribution >= 0.6 is 23.1 Å². The van der Waals surface area contributed by atoms with Crippen molar-refractivity contribution in [2.24, 2.45) is 5.92 Å². The number of rotatable bonds is 7. The summed E-state index contributed by atoms with van der Waals surface area (Å²) in [5.74, 6) is 0.477. The molecule has 6 nitrogen and oxygen atoms in total. The van der Waals surface area contributed by atoms with Crippen molar-refractivity contribution in [1.29, 1.82) is 0 Å². The number of hydrogen-bond acceptors (Lipinski definition) is 5. The zero-order valence-electron chi connectivity index (χ0n) is 17.3. The molecule has 1 aromatic rings. The van der Waals surface area contributed by atoms with E-state index < -0.39 is 5.97 Å². The summed E-state index contributed by atoms with van der Waals surface area (Å²) in [4.78, 5) is 30.5. The van der Waals surface area contributed by atoms with Crippen molar-refractivity contribution >= 4 is 40.2 Å². The highest BCUT2D eigenvalue weighted by atomic mass is 32.2. The zero-order chi connectivity index (χ0) is 20.6. The number of anilines is 1. The minimum Gasteiger partial charge on any atom is -0.481 e. The number of urea groups is 1. The quantitative estimate of drug-likeness (QED) is 0.412. The van der Waals surface area contributed by atoms with Crippen LogP contribution in [0.5, 0.6) is 0 Å². The lowest BCUT2D eigenvalue weighted by molar-refractivity contribution is -0.136. The molecule has 2 amide bonds. The van der Waals surface area contributed by atoms with E-state index in [1.807, 2.05) is 0 Å². The zero-order valence-corrected chi connectivity index (χ0v) is 18.9. The van der Waals surface area contributed by atoms with E-state index in [4.69, 9.17) is 5.11 Å². The Bertz CT molecular complexity index is 666. The molecule has 162 valence electrons. The summed E-state index contributed by atoms with van der Waals surface area (Å²) in [7, 11) is 0. The molecule has 0 unspecified atom stereocenters. The molecule has 8 heteroatoms. The number of thioether (sulfide) groups is 1. The third kappa shape index (κ3) is 6.88. The van der Waals surface area contributed by atoms with E-state index in [2.05, 4.69) is 22.1 Å². The molecule has 0 aromatic carbocycles. The van der Waals surface area contributed by atoms with Crippen molar-refractivity contribution < 1.29 is 14.7 Å². The molecule has 3 rings (SSSR count). The molecule has 2 N–H and O–H groups in total. The first-order valence-electron chi connectivity index (χ1n) is 10.9. The first kappa shape index (κ1) is 22.4. The average molecular weight is 440 g/mol. The average Bonchev–Trinajstić information content (AvgIpc) is 2.95. The van der Waals surface area contributed by atoms with Crippen molar-refractivity contribution in [3.05, 3.63) is 6.20 Å². The van der Waals surface area contributed by atoms with E-state index in [0.717, 1.165) is 35.8 Å². The van der Waals surface area contributed by atoms with Gasteiger partial charge in [0.1, 0.15) is 0 Å². The van der Waals surface area contributed by atoms with Crippen LogP contribution in [0.15, 0.2) is 10.4 Å². The van der Waals surface area contributed by atoms with Crippen LogP contribution in [0.25, 0.3) is 0 Å². The molecule has 0 bridgehead atoms. The van der Waals surface area contributed by atoms with Gasteiger partial charge in [-0.25, -0.2) is 9.78 Å². The van der Waals surface area contributed by atoms with Crippen LogP contribution in [0.2, 0.25) is 0 Å². The van der Waals surface area contributed by atoms with Crippen molar-refractivity contribution in [2.75, 3.05) is 11.1 Å². The Morgan fingerprint density at radius 2 is 1.79 bits per heavy atom. The molecule has 1 aromatic heterocycles. The third-order valence-corrected chi connectivity index (χ3v) is 8.20. The predicted octanol–water partition coefficient (Wildman–Crippen LogP) is 5.85. The van der Waals surface area contributed by atoms with E-state index in [-0.39, 0.29) is 12.5 Å². The lowest BCUT2D eigenvalue weighted by Gasteiger charge is -2.40. The maximum Gasteiger partial charge on any atom is 0.324 e. The second-order valence-electron chi connectivity index (χ2n) is 8.37. The molecule has 2 fully saturated rings. The molecule has 0 radical (unpaired) electrons. The summed E-state index contributed by atoms with van der Waals surface area (Å²) in [5.41, 5.74) is 0. The van der Waals surface area contributed by atoms with Crippen LogP contribution in [0.1, 0.15) is 77.6 Å². The van der Waals surface area contributed by atoms with E-state index in [0.29, 0.717) is 23.0 Å². The molecule has 2 saturated carbocycles. The first-order valence-corrected chi connectivity index (χ1v) is 12.7. The smallest absolute Gasteiger partial charge is 0.324 e. The van der Waals surface area contributed by atoms with Crippen molar-refractivity contribution in [2.45, 2.75) is 93.8 Å². The molecule has 2 aliphatic rings. The minimum absolute atomic E-state index is 0.00658. The van der Waals surface area contributed by atoms with Crippen LogP contribution in [-0.2, 0) is 4.79 Å². The Labute approximate surface area is 181 Å². The Hall–Kier alpha value is -1.28. The number of aliphatic carboxylic acids is 1. The Balaban J connectivity index is 1.64. The fourth-order valence-corrected chi connectivity index (χ4v) is 6.33. The molecular formula is C21H33N3O3S2. The number of carboxylic acid groups (broad SMARTS) is 1. The SMILES string of the molecule is C[C@H]1CC[C@H](N(C(=O)Nc2ncc(SCCC(=O)O)s2)C2CCCCCC2)CC1. The van der Waals surface area contributed by atoms with Crippen LogP contribution in [0.4, 0.5) is 9.93 Å². The standard InChI is InChI=1S/C21H33N3O3S2/c1-15-8-10-17(11-9-15)24(16-6-4-2-3-5-7-16)21(27)23-20-22-14-19(29-20)28-13-12-18(25)26/h14-17H,2-13H2,1H3,(H,25,26)(H,22,23,27)/t15-,17-. The van der Waals surface area contributed by atoms with Gasteiger partial charge in [0.05, 0.1) is 16.8 Å². The predicted molar refractivity (Wildman–Crippen MR) is 119 cm³/mol. The molecule has 0 atom stereocenters. The highest BCUT2D eigenvalue weighted by molar-refractivity contribution is 8.01. The van der Waals surface area contributed by atoms with E-state index in [1.165, 1.54) is 61.6 Å². The van der Waals surface area contributed by atoms with Gasteiger partial charge in [0.25, 0.3) is 0 Å². The number of carbonyl (C=O) groups excluding carboxylic acids is 1. The van der Waals surface area contributed by atoms with Gasteiger partial charge >= 0.3 is 12.0 Å². The normalized spacial score (nSPS) is 23.3. The molecular weight excluding hydrogens is 406 g/mol. The molecule has 2 aliphatic carbocycles. The van der Waals surface area contributed by atoms with Gasteiger partial charge < -0.3 is 10.0 Å². The summed E-state index contributed by atoms with van der Waals surface area (Å²) >= 11 is 2.90. The number of carbonyl (C=O) groups is 2. The summed E-state index contributed by atoms with van der Waals surface area (Å²) < 4.78 is 0.939. The van der Waals surface area contributed by atoms with Crippen molar-refractivity contribution in [1.82, 2.24) is 9.88 Å². The van der Waals surface area contributed by atoms with Crippen molar-refractivity contribution in [3.63, 3.8) is 0 Å². The van der Waals surface area contributed by atoms with Gasteiger partial charge in [0.15, 0.2) is 5.13 Å². The van der Waals surface area contributed by atoms with Gasteiger partial charge in [-0.05, 0) is 44.4 Å². The maximum atomic E-state index is 13.3. The van der Waals surface area contributed by atoms with Crippen molar-refractivity contribution in [3.8, 4) is 0 Å². The Kier molecular flexibility index (Phi) is 8.66. The van der Waals surface area contributed by atoms with Gasteiger partial charge in [-0.2, -0.15) is 0 Å². The first-order chi connectivity index (χ1) is 14.0. The van der Waals surface area contributed by atoms with Crippen LogP contribution < -0.4 is 5.32 Å². The summed E-state index contributed by atoms with van der Waals surface area (Å²) in [6, 6.07) is 0.659. The number of hydrogen-bond donors (Lipinski definition) is 2. The number of aromatic nitrogens is 1. The van der Waals surface area contributed by atoms with Gasteiger partial charge in [-0.3, -0.25) is 10.1 Å². The lowest BCUT2D eigenvalue weighted by Crippen LogP contribution is -2.50. The third-order valence-electron chi connectivity index (χ3n) is 6.09. The highest BCUT2D eigenvalue weighted by Crippen LogP contribution is 2.33. The van der Waals surface area contributed by atoms with E-state index in [9.17, 15) is 9.59 Å². The number of carboxylic acids is 1. The van der Waals surface area contributed by atoms with E-state index in [1.54, 1.807) is 6.20 Å². The fraction of sp³-hybridized carbons (Fsp3) is 0.762. The fourth-order valence-electron chi connectivity index (χ4n) is 4.47. The van der Waals surface area contributed by atoms with Gasteiger partial charge in [-0.1, -0.05) is 43.9 Å². The van der Waals surface area contributed by atoms with E-state index >= 15 is 0 Å². The number of nitrogens with one attached hydrogen (secondary N) is 1.